The van der Waals surface area contributed by atoms with Crippen LogP contribution in [0.2, 0.25) is 0 Å². The number of aromatic nitrogens is 2. The standard InChI is InChI=1S/C15H20N4O2/c1-20-12-5-10-11(6-13(12)21-2)18-8-19-15(10)14(16)9-3-4-17-7-9/h5-6,8-9,14,17H,3-4,7,16H2,1-2H3. The van der Waals surface area contributed by atoms with Crippen molar-refractivity contribution in [3.05, 3.63) is 24.2 Å². The smallest absolute Gasteiger partial charge is 0.162 e. The molecule has 2 atom stereocenters. The average Bonchev–Trinajstić information content (AvgIpc) is 3.06. The summed E-state index contributed by atoms with van der Waals surface area (Å²) in [5, 5.41) is 4.27. The molecule has 1 aromatic heterocycles. The maximum Gasteiger partial charge on any atom is 0.162 e. The molecule has 1 aromatic carbocycles. The molecular formula is C15H20N4O2. The molecule has 3 rings (SSSR count). The number of ether oxygens (including phenoxy) is 2. The van der Waals surface area contributed by atoms with Crippen LogP contribution in [-0.4, -0.2) is 37.3 Å². The molecule has 21 heavy (non-hydrogen) atoms. The van der Waals surface area contributed by atoms with E-state index in [0.717, 1.165) is 36.1 Å². The highest BCUT2D eigenvalue weighted by atomic mass is 16.5. The lowest BCUT2D eigenvalue weighted by atomic mass is 9.94. The zero-order valence-corrected chi connectivity index (χ0v) is 12.3. The molecule has 1 aliphatic heterocycles. The van der Waals surface area contributed by atoms with Crippen molar-refractivity contribution in [1.29, 1.82) is 0 Å². The van der Waals surface area contributed by atoms with E-state index >= 15 is 0 Å². The topological polar surface area (TPSA) is 82.3 Å². The first-order valence-corrected chi connectivity index (χ1v) is 7.07. The van der Waals surface area contributed by atoms with E-state index in [2.05, 4.69) is 15.3 Å². The van der Waals surface area contributed by atoms with Crippen molar-refractivity contribution in [3.8, 4) is 11.5 Å². The van der Waals surface area contributed by atoms with Gasteiger partial charge < -0.3 is 20.5 Å². The molecule has 1 aliphatic rings. The van der Waals surface area contributed by atoms with Gasteiger partial charge in [0.25, 0.3) is 0 Å². The van der Waals surface area contributed by atoms with Crippen LogP contribution < -0.4 is 20.5 Å². The van der Waals surface area contributed by atoms with E-state index in [4.69, 9.17) is 15.2 Å². The van der Waals surface area contributed by atoms with Crippen molar-refractivity contribution in [2.75, 3.05) is 27.3 Å². The minimum atomic E-state index is -0.108. The fourth-order valence-corrected chi connectivity index (χ4v) is 2.88. The molecule has 1 saturated heterocycles. The summed E-state index contributed by atoms with van der Waals surface area (Å²) in [5.74, 6) is 1.72. The lowest BCUT2D eigenvalue weighted by Gasteiger charge is -2.19. The van der Waals surface area contributed by atoms with Crippen molar-refractivity contribution >= 4 is 10.9 Å². The molecule has 6 nitrogen and oxygen atoms in total. The number of nitrogens with zero attached hydrogens (tertiary/aromatic N) is 2. The van der Waals surface area contributed by atoms with Crippen molar-refractivity contribution < 1.29 is 9.47 Å². The van der Waals surface area contributed by atoms with Crippen LogP contribution in [0.5, 0.6) is 11.5 Å². The van der Waals surface area contributed by atoms with E-state index in [1.165, 1.54) is 0 Å². The van der Waals surface area contributed by atoms with E-state index in [1.54, 1.807) is 20.5 Å². The van der Waals surface area contributed by atoms with Crippen LogP contribution in [0.15, 0.2) is 18.5 Å². The zero-order chi connectivity index (χ0) is 14.8. The first-order chi connectivity index (χ1) is 10.2. The van der Waals surface area contributed by atoms with Crippen molar-refractivity contribution in [2.45, 2.75) is 12.5 Å². The van der Waals surface area contributed by atoms with Crippen LogP contribution in [0.3, 0.4) is 0 Å². The molecule has 3 N–H and O–H groups in total. The summed E-state index contributed by atoms with van der Waals surface area (Å²) >= 11 is 0. The molecule has 112 valence electrons. The minimum absolute atomic E-state index is 0.108. The second kappa shape index (κ2) is 5.83. The predicted molar refractivity (Wildman–Crippen MR) is 80.5 cm³/mol. The largest absolute Gasteiger partial charge is 0.493 e. The lowest BCUT2D eigenvalue weighted by Crippen LogP contribution is -2.24. The van der Waals surface area contributed by atoms with Gasteiger partial charge in [0.2, 0.25) is 0 Å². The Kier molecular flexibility index (Phi) is 3.90. The maximum atomic E-state index is 6.43. The SMILES string of the molecule is COc1cc2ncnc(C(N)C3CCNC3)c2cc1OC. The highest BCUT2D eigenvalue weighted by molar-refractivity contribution is 5.85. The second-order valence-corrected chi connectivity index (χ2v) is 5.26. The number of hydrogen-bond acceptors (Lipinski definition) is 6. The molecule has 0 amide bonds. The van der Waals surface area contributed by atoms with Gasteiger partial charge in [0.1, 0.15) is 6.33 Å². The number of fused-ring (bicyclic) bond motifs is 1. The average molecular weight is 288 g/mol. The van der Waals surface area contributed by atoms with Crippen LogP contribution >= 0.6 is 0 Å². The van der Waals surface area contributed by atoms with Gasteiger partial charge in [0.05, 0.1) is 31.5 Å². The van der Waals surface area contributed by atoms with Crippen LogP contribution in [0.4, 0.5) is 0 Å². The molecule has 1 fully saturated rings. The molecule has 0 bridgehead atoms. The Labute approximate surface area is 123 Å². The number of nitrogens with two attached hydrogens (primary N) is 1. The fourth-order valence-electron chi connectivity index (χ4n) is 2.88. The molecule has 0 radical (unpaired) electrons. The molecule has 2 heterocycles. The summed E-state index contributed by atoms with van der Waals surface area (Å²) in [6.07, 6.45) is 2.63. The van der Waals surface area contributed by atoms with Crippen molar-refractivity contribution in [3.63, 3.8) is 0 Å². The maximum absolute atomic E-state index is 6.43. The molecule has 2 unspecified atom stereocenters. The summed E-state index contributed by atoms with van der Waals surface area (Å²) in [7, 11) is 3.23. The van der Waals surface area contributed by atoms with E-state index in [-0.39, 0.29) is 6.04 Å². The quantitative estimate of drug-likeness (QED) is 0.881. The number of benzene rings is 1. The Balaban J connectivity index is 2.09. The van der Waals surface area contributed by atoms with Gasteiger partial charge in [-0.2, -0.15) is 0 Å². The molecule has 0 spiro atoms. The van der Waals surface area contributed by atoms with E-state index in [0.29, 0.717) is 17.4 Å². The Morgan fingerprint density at radius 3 is 2.67 bits per heavy atom. The van der Waals surface area contributed by atoms with Crippen LogP contribution in [0, 0.1) is 5.92 Å². The predicted octanol–water partition coefficient (Wildman–Crippen LogP) is 1.26. The summed E-state index contributed by atoms with van der Waals surface area (Å²) < 4.78 is 10.7. The summed E-state index contributed by atoms with van der Waals surface area (Å²) in [4.78, 5) is 8.74. The molecule has 6 heteroatoms. The van der Waals surface area contributed by atoms with Gasteiger partial charge in [-0.15, -0.1) is 0 Å². The van der Waals surface area contributed by atoms with Crippen LogP contribution in [0.1, 0.15) is 18.2 Å². The van der Waals surface area contributed by atoms with Crippen LogP contribution in [0.25, 0.3) is 10.9 Å². The Bertz CT molecular complexity index is 641. The number of methoxy groups -OCH3 is 2. The van der Waals surface area contributed by atoms with Crippen molar-refractivity contribution in [1.82, 2.24) is 15.3 Å². The normalized spacial score (nSPS) is 19.7. The van der Waals surface area contributed by atoms with E-state index in [9.17, 15) is 0 Å². The highest BCUT2D eigenvalue weighted by Crippen LogP contribution is 2.35. The third-order valence-corrected chi connectivity index (χ3v) is 4.09. The summed E-state index contributed by atoms with van der Waals surface area (Å²) in [5.41, 5.74) is 8.11. The van der Waals surface area contributed by atoms with Gasteiger partial charge >= 0.3 is 0 Å². The highest BCUT2D eigenvalue weighted by Gasteiger charge is 2.26. The van der Waals surface area contributed by atoms with Gasteiger partial charge in [-0.3, -0.25) is 0 Å². The van der Waals surface area contributed by atoms with Crippen LogP contribution in [-0.2, 0) is 0 Å². The van der Waals surface area contributed by atoms with Gasteiger partial charge in [0.15, 0.2) is 11.5 Å². The Hall–Kier alpha value is -1.92. The van der Waals surface area contributed by atoms with E-state index in [1.807, 2.05) is 12.1 Å². The second-order valence-electron chi connectivity index (χ2n) is 5.26. The monoisotopic (exact) mass is 288 g/mol. The number of nitrogens with one attached hydrogen (secondary N) is 1. The molecule has 0 saturated carbocycles. The first kappa shape index (κ1) is 14.0. The summed E-state index contributed by atoms with van der Waals surface area (Å²) in [6, 6.07) is 3.66. The fraction of sp³-hybridized carbons (Fsp3) is 0.467. The first-order valence-electron chi connectivity index (χ1n) is 7.07. The third-order valence-electron chi connectivity index (χ3n) is 4.09. The molecule has 2 aromatic rings. The molecule has 0 aliphatic carbocycles. The number of hydrogen-bond donors (Lipinski definition) is 2. The van der Waals surface area contributed by atoms with Gasteiger partial charge in [0, 0.05) is 11.5 Å². The minimum Gasteiger partial charge on any atom is -0.493 e. The van der Waals surface area contributed by atoms with E-state index < -0.39 is 0 Å². The zero-order valence-electron chi connectivity index (χ0n) is 12.3. The van der Waals surface area contributed by atoms with Gasteiger partial charge in [-0.05, 0) is 31.5 Å². The van der Waals surface area contributed by atoms with Gasteiger partial charge in [-0.25, -0.2) is 9.97 Å². The summed E-state index contributed by atoms with van der Waals surface area (Å²) in [6.45, 7) is 1.94. The Morgan fingerprint density at radius 2 is 2.00 bits per heavy atom. The third kappa shape index (κ3) is 2.52. The Morgan fingerprint density at radius 1 is 1.24 bits per heavy atom. The molecular weight excluding hydrogens is 268 g/mol. The van der Waals surface area contributed by atoms with Gasteiger partial charge in [-0.1, -0.05) is 0 Å². The number of rotatable bonds is 4. The van der Waals surface area contributed by atoms with Crippen molar-refractivity contribution in [2.24, 2.45) is 11.7 Å². The lowest BCUT2D eigenvalue weighted by molar-refractivity contribution is 0.355.